The molecule has 0 spiro atoms. The van der Waals surface area contributed by atoms with Gasteiger partial charge in [-0.1, -0.05) is 31.5 Å². The van der Waals surface area contributed by atoms with Crippen LogP contribution in [0.15, 0.2) is 29.2 Å². The van der Waals surface area contributed by atoms with Crippen LogP contribution in [0.2, 0.25) is 65.0 Å². The maximum atomic E-state index is 6.86. The summed E-state index contributed by atoms with van der Waals surface area (Å²) < 4.78 is 20.5. The van der Waals surface area contributed by atoms with E-state index in [1.165, 1.54) is 10.5 Å². The van der Waals surface area contributed by atoms with Crippen molar-refractivity contribution in [1.29, 1.82) is 0 Å². The van der Waals surface area contributed by atoms with E-state index in [4.69, 9.17) is 12.3 Å². The third kappa shape index (κ3) is 10.9. The lowest BCUT2D eigenvalue weighted by molar-refractivity contribution is 0.247. The van der Waals surface area contributed by atoms with Crippen LogP contribution in [0.1, 0.15) is 19.4 Å². The van der Waals surface area contributed by atoms with Crippen molar-refractivity contribution in [2.45, 2.75) is 95.4 Å². The van der Waals surface area contributed by atoms with Crippen LogP contribution in [-0.4, -0.2) is 38.5 Å². The van der Waals surface area contributed by atoms with Crippen LogP contribution in [-0.2, 0) is 12.3 Å². The van der Waals surface area contributed by atoms with Crippen LogP contribution in [0.5, 0.6) is 0 Å². The molecule has 0 radical (unpaired) electrons. The lowest BCUT2D eigenvalue weighted by Crippen LogP contribution is -2.62. The fourth-order valence-electron chi connectivity index (χ4n) is 3.05. The van der Waals surface area contributed by atoms with Crippen LogP contribution in [0.25, 0.3) is 0 Å². The van der Waals surface area contributed by atoms with Gasteiger partial charge in [-0.15, -0.1) is 11.8 Å². The van der Waals surface area contributed by atoms with Gasteiger partial charge in [-0.2, -0.15) is 0 Å². The van der Waals surface area contributed by atoms with E-state index in [2.05, 4.69) is 104 Å². The highest BCUT2D eigenvalue weighted by molar-refractivity contribution is 8.00. The average Bonchev–Trinajstić information content (AvgIpc) is 2.33. The van der Waals surface area contributed by atoms with Gasteiger partial charge in [-0.3, -0.25) is 0 Å². The molecule has 0 aromatic heterocycles. The minimum atomic E-state index is -2.84. The normalized spacial score (nSPS) is 14.4. The molecule has 28 heavy (non-hydrogen) atoms. The quantitative estimate of drug-likeness (QED) is 0.261. The molecule has 162 valence electrons. The Hall–Kier alpha value is 0.318. The number of aryl methyl sites for hydroxylation is 1. The second-order valence-electron chi connectivity index (χ2n) is 11.2. The number of benzene rings is 1. The Kier molecular flexibility index (Phi) is 8.67. The van der Waals surface area contributed by atoms with E-state index in [1.807, 2.05) is 11.8 Å². The average molecular weight is 475 g/mol. The fourth-order valence-corrected chi connectivity index (χ4v) is 19.5. The molecule has 0 unspecified atom stereocenters. The molecule has 0 aliphatic carbocycles. The largest absolute Gasteiger partial charge is 0.470 e. The first-order chi connectivity index (χ1) is 12.3. The van der Waals surface area contributed by atoms with Crippen molar-refractivity contribution < 1.29 is 12.3 Å². The van der Waals surface area contributed by atoms with E-state index >= 15 is 0 Å². The van der Waals surface area contributed by atoms with Crippen molar-refractivity contribution >= 4 is 45.5 Å². The van der Waals surface area contributed by atoms with Gasteiger partial charge in [0, 0.05) is 15.7 Å². The zero-order chi connectivity index (χ0) is 22.0. The highest BCUT2D eigenvalue weighted by Crippen LogP contribution is 2.42. The Morgan fingerprint density at radius 1 is 0.714 bits per heavy atom. The second kappa shape index (κ2) is 9.21. The Labute approximate surface area is 182 Å². The number of rotatable bonds is 10. The predicted molar refractivity (Wildman–Crippen MR) is 135 cm³/mol. The van der Waals surface area contributed by atoms with Crippen LogP contribution < -0.4 is 0 Å². The molecule has 1 aromatic rings. The van der Waals surface area contributed by atoms with Gasteiger partial charge in [0.05, 0.1) is 0 Å². The van der Waals surface area contributed by atoms with Gasteiger partial charge in [-0.25, -0.2) is 0 Å². The van der Waals surface area contributed by atoms with E-state index in [0.717, 1.165) is 6.04 Å². The monoisotopic (exact) mass is 474 g/mol. The second-order valence-corrected chi connectivity index (χ2v) is 29.8. The van der Waals surface area contributed by atoms with Crippen molar-refractivity contribution in [2.75, 3.05) is 0 Å². The van der Waals surface area contributed by atoms with Gasteiger partial charge in [0.25, 0.3) is 0 Å². The maximum Gasteiger partial charge on any atom is 0.470 e. The standard InChI is InChI=1S/C20H42O3SSi4/c1-18-13-15-19(16-14-18)24-20(2,3)17-28(21-25(4,5)6,22-26(7,8)9)23-27(10,11)12/h13-16H,17H2,1-12H3. The Morgan fingerprint density at radius 3 is 1.39 bits per heavy atom. The topological polar surface area (TPSA) is 27.7 Å². The van der Waals surface area contributed by atoms with Crippen molar-refractivity contribution in [3.05, 3.63) is 29.8 Å². The Bertz CT molecular complexity index is 588. The molecular formula is C20H42O3SSi4. The van der Waals surface area contributed by atoms with E-state index in [1.54, 1.807) is 0 Å². The van der Waals surface area contributed by atoms with Crippen molar-refractivity contribution in [3.8, 4) is 0 Å². The minimum absolute atomic E-state index is 0.0412. The third-order valence-electron chi connectivity index (χ3n) is 3.44. The summed E-state index contributed by atoms with van der Waals surface area (Å²) in [6, 6.07) is 9.61. The SMILES string of the molecule is Cc1ccc(SC(C)(C)C[Si](O[Si](C)(C)C)(O[Si](C)(C)C)O[Si](C)(C)C)cc1. The molecule has 0 bridgehead atoms. The molecule has 0 aliphatic rings. The molecule has 8 heteroatoms. The summed E-state index contributed by atoms with van der Waals surface area (Å²) in [5, 5.41) is 0. The zero-order valence-electron chi connectivity index (χ0n) is 20.1. The smallest absolute Gasteiger partial charge is 0.417 e. The molecule has 0 amide bonds. The fraction of sp³-hybridized carbons (Fsp3) is 0.700. The molecule has 0 aliphatic heterocycles. The first kappa shape index (κ1) is 26.4. The molecule has 0 heterocycles. The number of hydrogen-bond donors (Lipinski definition) is 0. The summed E-state index contributed by atoms with van der Waals surface area (Å²) in [7, 11) is -8.37. The molecular weight excluding hydrogens is 433 g/mol. The summed E-state index contributed by atoms with van der Waals surface area (Å²) in [6.07, 6.45) is 0. The first-order valence-electron chi connectivity index (χ1n) is 10.2. The first-order valence-corrected chi connectivity index (χ1v) is 23.1. The zero-order valence-corrected chi connectivity index (χ0v) is 25.0. The lowest BCUT2D eigenvalue weighted by atomic mass is 10.2. The van der Waals surface area contributed by atoms with Gasteiger partial charge >= 0.3 is 8.80 Å². The van der Waals surface area contributed by atoms with Crippen molar-refractivity contribution in [2.24, 2.45) is 0 Å². The molecule has 1 rings (SSSR count). The van der Waals surface area contributed by atoms with Crippen LogP contribution in [0, 0.1) is 6.92 Å². The molecule has 0 atom stereocenters. The van der Waals surface area contributed by atoms with Crippen molar-refractivity contribution in [1.82, 2.24) is 0 Å². The molecule has 1 aromatic carbocycles. The minimum Gasteiger partial charge on any atom is -0.417 e. The van der Waals surface area contributed by atoms with Gasteiger partial charge in [0.15, 0.2) is 25.0 Å². The van der Waals surface area contributed by atoms with Crippen LogP contribution >= 0.6 is 11.8 Å². The van der Waals surface area contributed by atoms with E-state index in [0.29, 0.717) is 0 Å². The molecule has 0 saturated carbocycles. The Morgan fingerprint density at radius 2 is 1.07 bits per heavy atom. The van der Waals surface area contributed by atoms with Crippen molar-refractivity contribution in [3.63, 3.8) is 0 Å². The van der Waals surface area contributed by atoms with E-state index in [-0.39, 0.29) is 4.75 Å². The van der Waals surface area contributed by atoms with E-state index < -0.39 is 33.8 Å². The predicted octanol–water partition coefficient (Wildman–Crippen LogP) is 7.36. The third-order valence-corrected chi connectivity index (χ3v) is 17.3. The van der Waals surface area contributed by atoms with Gasteiger partial charge in [-0.05, 0) is 78.0 Å². The number of thioether (sulfide) groups is 1. The molecule has 3 nitrogen and oxygen atoms in total. The molecule has 0 N–H and O–H groups in total. The van der Waals surface area contributed by atoms with Crippen LogP contribution in [0.3, 0.4) is 0 Å². The summed E-state index contributed by atoms with van der Waals surface area (Å²) in [4.78, 5) is 1.28. The van der Waals surface area contributed by atoms with Crippen LogP contribution in [0.4, 0.5) is 0 Å². The highest BCUT2D eigenvalue weighted by atomic mass is 32.2. The van der Waals surface area contributed by atoms with Gasteiger partial charge < -0.3 is 12.3 Å². The summed E-state index contributed by atoms with van der Waals surface area (Å²) in [5.74, 6) is 0. The number of hydrogen-bond acceptors (Lipinski definition) is 4. The summed E-state index contributed by atoms with van der Waals surface area (Å²) in [5.41, 5.74) is 1.29. The maximum absolute atomic E-state index is 6.86. The molecule has 0 fully saturated rings. The Balaban J connectivity index is 3.27. The summed E-state index contributed by atoms with van der Waals surface area (Å²) >= 11 is 1.90. The molecule has 0 saturated heterocycles. The van der Waals surface area contributed by atoms with Gasteiger partial charge in [0.1, 0.15) is 0 Å². The highest BCUT2D eigenvalue weighted by Gasteiger charge is 2.53. The van der Waals surface area contributed by atoms with Gasteiger partial charge in [0.2, 0.25) is 0 Å². The van der Waals surface area contributed by atoms with E-state index in [9.17, 15) is 0 Å². The summed E-state index contributed by atoms with van der Waals surface area (Å²) in [6.45, 7) is 26.9. The lowest BCUT2D eigenvalue weighted by Gasteiger charge is -2.45.